The maximum absolute atomic E-state index is 11.4. The third-order valence-corrected chi connectivity index (χ3v) is 4.80. The van der Waals surface area contributed by atoms with Gasteiger partial charge in [-0.25, -0.2) is 13.4 Å². The molecular formula is C11H11N3O4S. The first-order chi connectivity index (χ1) is 9.05. The Kier molecular flexibility index (Phi) is 2.74. The number of aromatic nitrogens is 3. The van der Waals surface area contributed by atoms with E-state index in [0.717, 1.165) is 0 Å². The number of pyridine rings is 1. The van der Waals surface area contributed by atoms with Gasteiger partial charge in [0.05, 0.1) is 11.5 Å². The lowest BCUT2D eigenvalue weighted by Gasteiger charge is -1.98. The molecule has 8 heteroatoms. The Labute approximate surface area is 109 Å². The summed E-state index contributed by atoms with van der Waals surface area (Å²) in [6.07, 6.45) is 1.99. The van der Waals surface area contributed by atoms with Crippen molar-refractivity contribution in [1.29, 1.82) is 0 Å². The number of hydrogen-bond acceptors (Lipinski definition) is 7. The molecule has 3 heterocycles. The van der Waals surface area contributed by atoms with E-state index in [0.29, 0.717) is 12.2 Å². The highest BCUT2D eigenvalue weighted by atomic mass is 32.2. The first kappa shape index (κ1) is 12.1. The Hall–Kier alpha value is -1.96. The highest BCUT2D eigenvalue weighted by Gasteiger charge is 2.32. The second-order valence-electron chi connectivity index (χ2n) is 4.43. The first-order valence-corrected chi connectivity index (χ1v) is 7.56. The van der Waals surface area contributed by atoms with Crippen LogP contribution >= 0.6 is 0 Å². The zero-order valence-corrected chi connectivity index (χ0v) is 10.7. The molecule has 1 atom stereocenters. The Morgan fingerprint density at radius 2 is 2.26 bits per heavy atom. The van der Waals surface area contributed by atoms with Crippen LogP contribution in [0.2, 0.25) is 0 Å². The summed E-state index contributed by atoms with van der Waals surface area (Å²) in [5.74, 6) is 0.333. The van der Waals surface area contributed by atoms with E-state index in [1.807, 2.05) is 0 Å². The number of aromatic hydroxyl groups is 1. The molecule has 1 N–H and O–H groups in total. The largest absolute Gasteiger partial charge is 0.505 e. The molecule has 0 aromatic carbocycles. The number of rotatable bonds is 2. The number of nitrogens with zero attached hydrogens (tertiary/aromatic N) is 3. The standard InChI is InChI=1S/C11H11N3O4S/c15-8-2-1-4-12-9(8)11-13-10(14-18-11)7-3-5-19(16,17)6-7/h1-2,4,7,15H,3,5-6H2. The number of sulfone groups is 1. The molecule has 0 amide bonds. The molecule has 1 aliphatic heterocycles. The molecule has 1 unspecified atom stereocenters. The fraction of sp³-hybridized carbons (Fsp3) is 0.364. The third kappa shape index (κ3) is 2.30. The van der Waals surface area contributed by atoms with Crippen molar-refractivity contribution in [3.63, 3.8) is 0 Å². The number of hydrogen-bond donors (Lipinski definition) is 1. The molecule has 19 heavy (non-hydrogen) atoms. The van der Waals surface area contributed by atoms with E-state index in [9.17, 15) is 13.5 Å². The van der Waals surface area contributed by atoms with Crippen molar-refractivity contribution in [2.75, 3.05) is 11.5 Å². The van der Waals surface area contributed by atoms with Crippen molar-refractivity contribution in [1.82, 2.24) is 15.1 Å². The van der Waals surface area contributed by atoms with E-state index in [4.69, 9.17) is 4.52 Å². The summed E-state index contributed by atoms with van der Waals surface area (Å²) in [4.78, 5) is 8.08. The summed E-state index contributed by atoms with van der Waals surface area (Å²) in [6, 6.07) is 3.05. The quantitative estimate of drug-likeness (QED) is 0.865. The van der Waals surface area contributed by atoms with Crippen molar-refractivity contribution in [2.45, 2.75) is 12.3 Å². The van der Waals surface area contributed by atoms with Crippen LogP contribution < -0.4 is 0 Å². The lowest BCUT2D eigenvalue weighted by molar-refractivity contribution is 0.411. The average molecular weight is 281 g/mol. The zero-order valence-electron chi connectivity index (χ0n) is 9.85. The minimum atomic E-state index is -2.99. The Morgan fingerprint density at radius 3 is 2.95 bits per heavy atom. The van der Waals surface area contributed by atoms with Gasteiger partial charge in [-0.1, -0.05) is 5.16 Å². The molecule has 0 spiro atoms. The van der Waals surface area contributed by atoms with Crippen LogP contribution in [0, 0.1) is 0 Å². The van der Waals surface area contributed by atoms with Gasteiger partial charge in [0.15, 0.2) is 21.4 Å². The predicted molar refractivity (Wildman–Crippen MR) is 65.2 cm³/mol. The van der Waals surface area contributed by atoms with Gasteiger partial charge < -0.3 is 9.63 Å². The van der Waals surface area contributed by atoms with Crippen molar-refractivity contribution >= 4 is 9.84 Å². The van der Waals surface area contributed by atoms with Crippen LogP contribution in [0.1, 0.15) is 18.2 Å². The van der Waals surface area contributed by atoms with Crippen molar-refractivity contribution in [3.05, 3.63) is 24.2 Å². The van der Waals surface area contributed by atoms with Gasteiger partial charge in [-0.3, -0.25) is 0 Å². The molecule has 0 radical (unpaired) electrons. The fourth-order valence-corrected chi connectivity index (χ4v) is 3.80. The average Bonchev–Trinajstić information content (AvgIpc) is 2.96. The smallest absolute Gasteiger partial charge is 0.280 e. The van der Waals surface area contributed by atoms with Gasteiger partial charge >= 0.3 is 0 Å². The van der Waals surface area contributed by atoms with Crippen molar-refractivity contribution < 1.29 is 18.0 Å². The molecule has 7 nitrogen and oxygen atoms in total. The fourth-order valence-electron chi connectivity index (χ4n) is 2.06. The van der Waals surface area contributed by atoms with Crippen LogP contribution in [-0.2, 0) is 9.84 Å². The van der Waals surface area contributed by atoms with Crippen LogP contribution in [-0.4, -0.2) is 40.2 Å². The highest BCUT2D eigenvalue weighted by Crippen LogP contribution is 2.30. The van der Waals surface area contributed by atoms with Crippen molar-refractivity contribution in [2.24, 2.45) is 0 Å². The molecule has 2 aromatic rings. The van der Waals surface area contributed by atoms with E-state index < -0.39 is 9.84 Å². The SMILES string of the molecule is O=S1(=O)CCC(c2noc(-c3ncccc3O)n2)C1. The molecule has 1 saturated heterocycles. The summed E-state index contributed by atoms with van der Waals surface area (Å²) < 4.78 is 27.8. The van der Waals surface area contributed by atoms with Gasteiger partial charge in [0.25, 0.3) is 5.89 Å². The van der Waals surface area contributed by atoms with E-state index in [-0.39, 0.29) is 34.8 Å². The second kappa shape index (κ2) is 4.30. The lowest BCUT2D eigenvalue weighted by atomic mass is 10.1. The maximum atomic E-state index is 11.4. The van der Waals surface area contributed by atoms with Crippen LogP contribution in [0.5, 0.6) is 5.75 Å². The Bertz CT molecular complexity index is 710. The molecule has 2 aromatic heterocycles. The zero-order chi connectivity index (χ0) is 13.5. The van der Waals surface area contributed by atoms with Gasteiger partial charge in [-0.15, -0.1) is 0 Å². The first-order valence-electron chi connectivity index (χ1n) is 5.73. The van der Waals surface area contributed by atoms with Crippen molar-refractivity contribution in [3.8, 4) is 17.3 Å². The van der Waals surface area contributed by atoms with E-state index in [1.165, 1.54) is 12.3 Å². The molecule has 1 fully saturated rings. The summed E-state index contributed by atoms with van der Waals surface area (Å²) in [5.41, 5.74) is 0.196. The summed E-state index contributed by atoms with van der Waals surface area (Å²) in [6.45, 7) is 0. The normalized spacial score (nSPS) is 21.6. The lowest BCUT2D eigenvalue weighted by Crippen LogP contribution is -2.05. The minimum Gasteiger partial charge on any atom is -0.505 e. The van der Waals surface area contributed by atoms with Crippen LogP contribution in [0.4, 0.5) is 0 Å². The third-order valence-electron chi connectivity index (χ3n) is 3.03. The molecule has 0 bridgehead atoms. The van der Waals surface area contributed by atoms with Gasteiger partial charge in [-0.05, 0) is 18.6 Å². The predicted octanol–water partition coefficient (Wildman–Crippen LogP) is 0.739. The summed E-state index contributed by atoms with van der Waals surface area (Å²) in [7, 11) is -2.99. The van der Waals surface area contributed by atoms with Gasteiger partial charge in [0, 0.05) is 12.1 Å². The monoisotopic (exact) mass is 281 g/mol. The summed E-state index contributed by atoms with van der Waals surface area (Å²) >= 11 is 0. The molecule has 1 aliphatic rings. The molecule has 100 valence electrons. The van der Waals surface area contributed by atoms with Gasteiger partial charge in [0.1, 0.15) is 5.75 Å². The van der Waals surface area contributed by atoms with Crippen LogP contribution in [0.15, 0.2) is 22.9 Å². The van der Waals surface area contributed by atoms with Gasteiger partial charge in [-0.2, -0.15) is 4.98 Å². The van der Waals surface area contributed by atoms with E-state index >= 15 is 0 Å². The maximum Gasteiger partial charge on any atom is 0.280 e. The minimum absolute atomic E-state index is 0.0418. The van der Waals surface area contributed by atoms with E-state index in [2.05, 4.69) is 15.1 Å². The van der Waals surface area contributed by atoms with Crippen LogP contribution in [0.3, 0.4) is 0 Å². The Morgan fingerprint density at radius 1 is 1.42 bits per heavy atom. The molecular weight excluding hydrogens is 270 g/mol. The topological polar surface area (TPSA) is 106 Å². The molecule has 0 aliphatic carbocycles. The van der Waals surface area contributed by atoms with Gasteiger partial charge in [0.2, 0.25) is 0 Å². The van der Waals surface area contributed by atoms with Crippen LogP contribution in [0.25, 0.3) is 11.6 Å². The molecule has 0 saturated carbocycles. The highest BCUT2D eigenvalue weighted by molar-refractivity contribution is 7.91. The Balaban J connectivity index is 1.91. The van der Waals surface area contributed by atoms with E-state index in [1.54, 1.807) is 6.07 Å². The molecule has 3 rings (SSSR count). The second-order valence-corrected chi connectivity index (χ2v) is 6.66. The summed E-state index contributed by atoms with van der Waals surface area (Å²) in [5, 5.41) is 13.4.